The molecule has 0 spiro atoms. The lowest BCUT2D eigenvalue weighted by molar-refractivity contribution is 0.0376. The summed E-state index contributed by atoms with van der Waals surface area (Å²) in [6.07, 6.45) is 5.42. The van der Waals surface area contributed by atoms with Crippen LogP contribution in [0.5, 0.6) is 0 Å². The third kappa shape index (κ3) is 5.25. The SMILES string of the molecule is Cc1cc(Cl)cc2sc(N(CCCN3CCOCC3)C(=O)c3cnccn3)nc12.Cl. The number of nitrogens with zero attached hydrogens (tertiary/aromatic N) is 5. The van der Waals surface area contributed by atoms with E-state index in [2.05, 4.69) is 14.9 Å². The second-order valence-electron chi connectivity index (χ2n) is 6.92. The second kappa shape index (κ2) is 10.5. The molecule has 0 radical (unpaired) electrons. The summed E-state index contributed by atoms with van der Waals surface area (Å²) < 4.78 is 6.37. The first-order valence-corrected chi connectivity index (χ1v) is 10.8. The Morgan fingerprint density at radius 3 is 2.83 bits per heavy atom. The molecule has 3 heterocycles. The minimum atomic E-state index is -0.192. The summed E-state index contributed by atoms with van der Waals surface area (Å²) in [6.45, 7) is 6.82. The fraction of sp³-hybridized carbons (Fsp3) is 0.400. The van der Waals surface area contributed by atoms with E-state index in [9.17, 15) is 4.79 Å². The topological polar surface area (TPSA) is 71.5 Å². The molecule has 1 aromatic carbocycles. The lowest BCUT2D eigenvalue weighted by Crippen LogP contribution is -2.39. The van der Waals surface area contributed by atoms with Gasteiger partial charge in [-0.25, -0.2) is 9.97 Å². The Morgan fingerprint density at radius 2 is 2.10 bits per heavy atom. The molecule has 30 heavy (non-hydrogen) atoms. The predicted octanol–water partition coefficient (Wildman–Crippen LogP) is 3.84. The maximum atomic E-state index is 13.2. The third-order valence-corrected chi connectivity index (χ3v) is 6.10. The van der Waals surface area contributed by atoms with Crippen LogP contribution in [0.1, 0.15) is 22.5 Å². The number of fused-ring (bicyclic) bond motifs is 1. The van der Waals surface area contributed by atoms with Gasteiger partial charge in [0.1, 0.15) is 5.69 Å². The monoisotopic (exact) mass is 467 g/mol. The van der Waals surface area contributed by atoms with Crippen LogP contribution in [0.3, 0.4) is 0 Å². The summed E-state index contributed by atoms with van der Waals surface area (Å²) in [4.78, 5) is 30.2. The van der Waals surface area contributed by atoms with Gasteiger partial charge in [-0.1, -0.05) is 22.9 Å². The fourth-order valence-electron chi connectivity index (χ4n) is 3.37. The predicted molar refractivity (Wildman–Crippen MR) is 122 cm³/mol. The number of morpholine rings is 1. The lowest BCUT2D eigenvalue weighted by atomic mass is 10.2. The molecule has 2 aromatic heterocycles. The Kier molecular flexibility index (Phi) is 7.96. The van der Waals surface area contributed by atoms with Crippen molar-refractivity contribution >= 4 is 56.6 Å². The Morgan fingerprint density at radius 1 is 1.30 bits per heavy atom. The largest absolute Gasteiger partial charge is 0.379 e. The van der Waals surface area contributed by atoms with E-state index >= 15 is 0 Å². The van der Waals surface area contributed by atoms with E-state index in [-0.39, 0.29) is 18.3 Å². The first-order valence-electron chi connectivity index (χ1n) is 9.56. The number of carbonyl (C=O) groups excluding carboxylic acids is 1. The Hall–Kier alpha value is -1.84. The molecule has 160 valence electrons. The zero-order chi connectivity index (χ0) is 20.2. The summed E-state index contributed by atoms with van der Waals surface area (Å²) in [5, 5.41) is 1.33. The van der Waals surface area contributed by atoms with Crippen molar-refractivity contribution in [1.29, 1.82) is 0 Å². The van der Waals surface area contributed by atoms with Gasteiger partial charge in [-0.15, -0.1) is 12.4 Å². The normalized spacial score (nSPS) is 14.5. The van der Waals surface area contributed by atoms with Crippen LogP contribution in [0.4, 0.5) is 5.13 Å². The number of benzene rings is 1. The molecule has 3 aromatic rings. The van der Waals surface area contributed by atoms with Crippen molar-refractivity contribution in [3.63, 3.8) is 0 Å². The van der Waals surface area contributed by atoms with Crippen LogP contribution in [0.25, 0.3) is 10.2 Å². The number of hydrogen-bond donors (Lipinski definition) is 0. The van der Waals surface area contributed by atoms with Crippen molar-refractivity contribution in [2.24, 2.45) is 0 Å². The van der Waals surface area contributed by atoms with E-state index in [0.717, 1.165) is 55.0 Å². The zero-order valence-corrected chi connectivity index (χ0v) is 19.0. The number of hydrogen-bond acceptors (Lipinski definition) is 7. The molecule has 1 saturated heterocycles. The molecule has 1 aliphatic rings. The van der Waals surface area contributed by atoms with Gasteiger partial charge in [0.05, 0.1) is 29.6 Å². The van der Waals surface area contributed by atoms with Crippen molar-refractivity contribution < 1.29 is 9.53 Å². The molecule has 1 aliphatic heterocycles. The average Bonchev–Trinajstić information content (AvgIpc) is 3.16. The van der Waals surface area contributed by atoms with Crippen LogP contribution in [-0.4, -0.2) is 65.2 Å². The van der Waals surface area contributed by atoms with Gasteiger partial charge in [0.2, 0.25) is 0 Å². The van der Waals surface area contributed by atoms with E-state index in [4.69, 9.17) is 21.3 Å². The molecular weight excluding hydrogens is 445 g/mol. The number of thiazole rings is 1. The number of ether oxygens (including phenoxy) is 1. The molecule has 0 saturated carbocycles. The van der Waals surface area contributed by atoms with E-state index in [0.29, 0.717) is 22.4 Å². The van der Waals surface area contributed by atoms with Crippen molar-refractivity contribution in [2.45, 2.75) is 13.3 Å². The quantitative estimate of drug-likeness (QED) is 0.548. The van der Waals surface area contributed by atoms with E-state index < -0.39 is 0 Å². The van der Waals surface area contributed by atoms with Gasteiger partial charge in [-0.05, 0) is 31.0 Å². The van der Waals surface area contributed by atoms with Crippen LogP contribution >= 0.6 is 35.3 Å². The van der Waals surface area contributed by atoms with Crippen LogP contribution in [-0.2, 0) is 4.74 Å². The van der Waals surface area contributed by atoms with Gasteiger partial charge < -0.3 is 4.74 Å². The number of rotatable bonds is 6. The summed E-state index contributed by atoms with van der Waals surface area (Å²) in [6, 6.07) is 3.78. The number of amides is 1. The Balaban J connectivity index is 0.00000256. The zero-order valence-electron chi connectivity index (χ0n) is 16.6. The highest BCUT2D eigenvalue weighted by Gasteiger charge is 2.23. The summed E-state index contributed by atoms with van der Waals surface area (Å²) in [7, 11) is 0. The summed E-state index contributed by atoms with van der Waals surface area (Å²) >= 11 is 7.68. The fourth-order valence-corrected chi connectivity index (χ4v) is 4.81. The molecule has 4 rings (SSSR count). The van der Waals surface area contributed by atoms with Crippen molar-refractivity contribution in [3.8, 4) is 0 Å². The molecule has 1 amide bonds. The average molecular weight is 468 g/mol. The molecule has 0 aliphatic carbocycles. The van der Waals surface area contributed by atoms with E-state index in [1.54, 1.807) is 11.1 Å². The summed E-state index contributed by atoms with van der Waals surface area (Å²) in [5.74, 6) is -0.192. The maximum Gasteiger partial charge on any atom is 0.280 e. The van der Waals surface area contributed by atoms with E-state index in [1.165, 1.54) is 23.7 Å². The molecule has 0 N–H and O–H groups in total. The number of carbonyl (C=O) groups is 1. The van der Waals surface area contributed by atoms with Crippen LogP contribution < -0.4 is 4.90 Å². The molecule has 1 fully saturated rings. The Bertz CT molecular complexity index is 996. The summed E-state index contributed by atoms with van der Waals surface area (Å²) in [5.41, 5.74) is 2.18. The number of halogens is 2. The highest BCUT2D eigenvalue weighted by molar-refractivity contribution is 7.22. The molecule has 7 nitrogen and oxygen atoms in total. The highest BCUT2D eigenvalue weighted by atomic mass is 35.5. The Labute approximate surface area is 190 Å². The first kappa shape index (κ1) is 22.8. The van der Waals surface area contributed by atoms with Crippen LogP contribution in [0.15, 0.2) is 30.7 Å². The van der Waals surface area contributed by atoms with Crippen LogP contribution in [0.2, 0.25) is 5.02 Å². The van der Waals surface area contributed by atoms with Gasteiger partial charge >= 0.3 is 0 Å². The number of anilines is 1. The van der Waals surface area contributed by atoms with Crippen molar-refractivity contribution in [3.05, 3.63) is 47.0 Å². The van der Waals surface area contributed by atoms with Crippen LogP contribution in [0, 0.1) is 6.92 Å². The van der Waals surface area contributed by atoms with Gasteiger partial charge in [0.25, 0.3) is 5.91 Å². The maximum absolute atomic E-state index is 13.2. The first-order chi connectivity index (χ1) is 14.1. The van der Waals surface area contributed by atoms with Crippen molar-refractivity contribution in [2.75, 3.05) is 44.3 Å². The van der Waals surface area contributed by atoms with Gasteiger partial charge in [-0.3, -0.25) is 19.6 Å². The van der Waals surface area contributed by atoms with Gasteiger partial charge in [0, 0.05) is 43.6 Å². The number of aromatic nitrogens is 3. The van der Waals surface area contributed by atoms with Gasteiger partial charge in [0.15, 0.2) is 5.13 Å². The smallest absolute Gasteiger partial charge is 0.280 e. The van der Waals surface area contributed by atoms with E-state index in [1.807, 2.05) is 19.1 Å². The number of aryl methyl sites for hydroxylation is 1. The van der Waals surface area contributed by atoms with Gasteiger partial charge in [-0.2, -0.15) is 0 Å². The minimum Gasteiger partial charge on any atom is -0.379 e. The molecule has 0 bridgehead atoms. The van der Waals surface area contributed by atoms with Crippen molar-refractivity contribution in [1.82, 2.24) is 19.9 Å². The molecule has 0 atom stereocenters. The lowest BCUT2D eigenvalue weighted by Gasteiger charge is -2.27. The molecule has 10 heteroatoms. The highest BCUT2D eigenvalue weighted by Crippen LogP contribution is 2.33. The molecule has 0 unspecified atom stereocenters. The minimum absolute atomic E-state index is 0. The second-order valence-corrected chi connectivity index (χ2v) is 8.37. The molecular formula is C20H23Cl2N5O2S. The standard InChI is InChI=1S/C20H22ClN5O2S.ClH/c1-14-11-15(21)12-17-18(14)24-20(29-17)26(19(27)16-13-22-3-4-23-16)6-2-5-25-7-9-28-10-8-25;/h3-4,11-13H,2,5-10H2,1H3;1H. The third-order valence-electron chi connectivity index (χ3n) is 4.86.